The number of hydrogen-bond acceptors (Lipinski definition) is 2. The van der Waals surface area contributed by atoms with Crippen LogP contribution in [0.25, 0.3) is 80.7 Å². The Morgan fingerprint density at radius 2 is 1.17 bits per heavy atom. The highest BCUT2D eigenvalue weighted by Crippen LogP contribution is 2.58. The number of nitrogens with zero attached hydrogens (tertiary/aromatic N) is 2. The van der Waals surface area contributed by atoms with Gasteiger partial charge in [-0.3, -0.25) is 0 Å². The number of para-hydroxylation sites is 2. The normalized spacial score (nSPS) is 14.4. The predicted molar refractivity (Wildman–Crippen MR) is 296 cm³/mol. The van der Waals surface area contributed by atoms with Crippen LogP contribution in [0.3, 0.4) is 0 Å². The number of anilines is 3. The van der Waals surface area contributed by atoms with Gasteiger partial charge in [0, 0.05) is 43.3 Å². The predicted octanol–water partition coefficient (Wildman–Crippen LogP) is 18.4. The SMILES string of the molecule is C=C(/C=C\C=C/C)C1(c2ccccc2)c2ccccc2-c2ccc(N(c3ccccc3)c3cc(-c4ccc5c(c4)c4cc6ccccc6cc4n5-c4ccccc4)cc4c3sc3ccccc34)cc21. The molecule has 0 amide bonds. The highest BCUT2D eigenvalue weighted by Gasteiger charge is 2.46. The molecule has 1 unspecified atom stereocenters. The van der Waals surface area contributed by atoms with Gasteiger partial charge in [0.15, 0.2) is 0 Å². The van der Waals surface area contributed by atoms with Crippen LogP contribution < -0.4 is 4.90 Å². The Kier molecular flexibility index (Phi) is 9.67. The van der Waals surface area contributed by atoms with Gasteiger partial charge < -0.3 is 9.47 Å². The van der Waals surface area contributed by atoms with E-state index in [1.165, 1.54) is 91.7 Å². The van der Waals surface area contributed by atoms with Gasteiger partial charge in [-0.05, 0) is 141 Å². The van der Waals surface area contributed by atoms with Gasteiger partial charge >= 0.3 is 0 Å². The zero-order valence-electron chi connectivity index (χ0n) is 38.2. The average molecular weight is 899 g/mol. The molecule has 0 N–H and O–H groups in total. The van der Waals surface area contributed by atoms with Crippen molar-refractivity contribution in [3.05, 3.63) is 278 Å². The summed E-state index contributed by atoms with van der Waals surface area (Å²) in [7, 11) is 0. The summed E-state index contributed by atoms with van der Waals surface area (Å²) in [6.45, 7) is 6.95. The van der Waals surface area contributed by atoms with Gasteiger partial charge in [-0.1, -0.05) is 176 Å². The Labute approximate surface area is 406 Å². The summed E-state index contributed by atoms with van der Waals surface area (Å²) in [5.74, 6) is 0. The quantitative estimate of drug-likeness (QED) is 0.131. The van der Waals surface area contributed by atoms with E-state index in [2.05, 4.69) is 265 Å². The van der Waals surface area contributed by atoms with Crippen LogP contribution in [-0.2, 0) is 5.41 Å². The Hall–Kier alpha value is -8.50. The number of aromatic nitrogens is 1. The van der Waals surface area contributed by atoms with E-state index in [1.807, 2.05) is 11.3 Å². The largest absolute Gasteiger partial charge is 0.309 e. The maximum Gasteiger partial charge on any atom is 0.0708 e. The van der Waals surface area contributed by atoms with Gasteiger partial charge in [0.2, 0.25) is 0 Å². The monoisotopic (exact) mass is 898 g/mol. The number of rotatable bonds is 9. The standard InChI is InChI=1S/C66H46N2S/c1-3-4-8-21-44(2)66(49-24-9-5-10-25-49)59-32-19-17-30-53(59)54-36-35-52(43-60(54)66)67(50-26-11-6-12-27-50)63-42-48(40-58-55-31-18-20-33-64(55)69-65(58)63)47-34-37-61-56(39-47)57-38-45-22-15-16-23-46(45)41-62(57)68(61)51-28-13-7-14-29-51/h3-43H,2H2,1H3/b4-3-,21-8-. The summed E-state index contributed by atoms with van der Waals surface area (Å²) in [5.41, 5.74) is 15.7. The summed E-state index contributed by atoms with van der Waals surface area (Å²) in [5, 5.41) is 7.45. The lowest BCUT2D eigenvalue weighted by molar-refractivity contribution is 0.770. The minimum atomic E-state index is -0.627. The molecule has 0 bridgehead atoms. The number of thiophene rings is 1. The summed E-state index contributed by atoms with van der Waals surface area (Å²) in [4.78, 5) is 2.49. The minimum absolute atomic E-state index is 0.627. The zero-order valence-corrected chi connectivity index (χ0v) is 39.0. The molecule has 1 atom stereocenters. The maximum atomic E-state index is 4.90. The number of benzene rings is 10. The third-order valence-electron chi connectivity index (χ3n) is 14.3. The number of allylic oxidation sites excluding steroid dienone is 5. The molecular formula is C66H46N2S. The maximum absolute atomic E-state index is 4.90. The van der Waals surface area contributed by atoms with Crippen molar-refractivity contribution in [2.24, 2.45) is 0 Å². The van der Waals surface area contributed by atoms with Gasteiger partial charge in [0.1, 0.15) is 0 Å². The average Bonchev–Trinajstić information content (AvgIpc) is 4.04. The molecule has 0 spiro atoms. The van der Waals surface area contributed by atoms with Crippen molar-refractivity contribution in [3.8, 4) is 27.9 Å². The fourth-order valence-corrected chi connectivity index (χ4v) is 12.4. The molecule has 10 aromatic carbocycles. The first-order valence-electron chi connectivity index (χ1n) is 23.7. The van der Waals surface area contributed by atoms with Crippen LogP contribution in [0.2, 0.25) is 0 Å². The Bertz CT molecular complexity index is 4040. The first-order valence-corrected chi connectivity index (χ1v) is 24.5. The molecule has 0 radical (unpaired) electrons. The fourth-order valence-electron chi connectivity index (χ4n) is 11.2. The van der Waals surface area contributed by atoms with Crippen LogP contribution in [0.15, 0.2) is 261 Å². The molecule has 0 saturated carbocycles. The Morgan fingerprint density at radius 1 is 0.507 bits per heavy atom. The van der Waals surface area contributed by atoms with Crippen LogP contribution in [0.4, 0.5) is 17.1 Å². The van der Waals surface area contributed by atoms with Crippen LogP contribution in [0, 0.1) is 0 Å². The van der Waals surface area contributed by atoms with Crippen molar-refractivity contribution < 1.29 is 0 Å². The van der Waals surface area contributed by atoms with Gasteiger partial charge in [-0.15, -0.1) is 11.3 Å². The third-order valence-corrected chi connectivity index (χ3v) is 15.5. The smallest absolute Gasteiger partial charge is 0.0708 e. The van der Waals surface area contributed by atoms with E-state index < -0.39 is 5.41 Å². The van der Waals surface area contributed by atoms with E-state index >= 15 is 0 Å². The van der Waals surface area contributed by atoms with Crippen LogP contribution >= 0.6 is 11.3 Å². The molecule has 0 saturated heterocycles. The summed E-state index contributed by atoms with van der Waals surface area (Å²) in [6, 6.07) is 82.9. The summed E-state index contributed by atoms with van der Waals surface area (Å²) >= 11 is 1.87. The van der Waals surface area contributed by atoms with Gasteiger partial charge in [0.05, 0.1) is 26.8 Å². The molecule has 0 fully saturated rings. The van der Waals surface area contributed by atoms with E-state index in [1.54, 1.807) is 0 Å². The van der Waals surface area contributed by atoms with Gasteiger partial charge in [0.25, 0.3) is 0 Å². The molecule has 1 aliphatic carbocycles. The number of fused-ring (bicyclic) bond motifs is 10. The van der Waals surface area contributed by atoms with E-state index in [0.717, 1.165) is 28.3 Å². The highest BCUT2D eigenvalue weighted by molar-refractivity contribution is 7.26. The Balaban J connectivity index is 1.07. The molecular weight excluding hydrogens is 853 g/mol. The zero-order chi connectivity index (χ0) is 46.1. The van der Waals surface area contributed by atoms with Crippen LogP contribution in [-0.4, -0.2) is 4.57 Å². The lowest BCUT2D eigenvalue weighted by Crippen LogP contribution is -2.28. The minimum Gasteiger partial charge on any atom is -0.309 e. The second kappa shape index (κ2) is 16.4. The van der Waals surface area contributed by atoms with Crippen molar-refractivity contribution in [3.63, 3.8) is 0 Å². The van der Waals surface area contributed by atoms with Crippen molar-refractivity contribution >= 4 is 81.1 Å². The summed E-state index contributed by atoms with van der Waals surface area (Å²) < 4.78 is 4.93. The molecule has 12 aromatic rings. The van der Waals surface area contributed by atoms with Gasteiger partial charge in [-0.2, -0.15) is 0 Å². The molecule has 2 heterocycles. The van der Waals surface area contributed by atoms with Gasteiger partial charge in [-0.25, -0.2) is 0 Å². The molecule has 69 heavy (non-hydrogen) atoms. The summed E-state index contributed by atoms with van der Waals surface area (Å²) in [6.07, 6.45) is 8.47. The first-order chi connectivity index (χ1) is 34.1. The van der Waals surface area contributed by atoms with Crippen LogP contribution in [0.5, 0.6) is 0 Å². The van der Waals surface area contributed by atoms with Crippen molar-refractivity contribution in [2.45, 2.75) is 12.3 Å². The van der Waals surface area contributed by atoms with E-state index in [-0.39, 0.29) is 0 Å². The highest BCUT2D eigenvalue weighted by atomic mass is 32.1. The van der Waals surface area contributed by atoms with Crippen molar-refractivity contribution in [2.75, 3.05) is 4.90 Å². The Morgan fingerprint density at radius 3 is 1.99 bits per heavy atom. The topological polar surface area (TPSA) is 8.17 Å². The molecule has 2 nitrogen and oxygen atoms in total. The second-order valence-electron chi connectivity index (χ2n) is 18.1. The molecule has 1 aliphatic rings. The van der Waals surface area contributed by atoms with Crippen molar-refractivity contribution in [1.82, 2.24) is 4.57 Å². The van der Waals surface area contributed by atoms with E-state index in [0.29, 0.717) is 0 Å². The molecule has 0 aliphatic heterocycles. The molecule has 326 valence electrons. The number of hydrogen-bond donors (Lipinski definition) is 0. The lowest BCUT2D eigenvalue weighted by Gasteiger charge is -2.35. The molecule has 13 rings (SSSR count). The first kappa shape index (κ1) is 40.7. The third kappa shape index (κ3) is 6.39. The second-order valence-corrected chi connectivity index (χ2v) is 19.1. The van der Waals surface area contributed by atoms with E-state index in [9.17, 15) is 0 Å². The fraction of sp³-hybridized carbons (Fsp3) is 0.0303. The van der Waals surface area contributed by atoms with E-state index in [4.69, 9.17) is 6.58 Å². The van der Waals surface area contributed by atoms with Crippen LogP contribution in [0.1, 0.15) is 23.6 Å². The lowest BCUT2D eigenvalue weighted by atomic mass is 9.67. The molecule has 3 heteroatoms. The van der Waals surface area contributed by atoms with Crippen molar-refractivity contribution in [1.29, 1.82) is 0 Å². The molecule has 2 aromatic heterocycles.